The Morgan fingerprint density at radius 2 is 2.12 bits per heavy atom. The number of hydrogen-bond acceptors (Lipinski definition) is 6. The molecule has 2 aromatic rings. The standard InChI is InChI=1S/C19H20N4O3/c1-20-18-17(21-6-7-22-18)16-11-23(8-9-25-16)19(24)14-10-13-4-2-3-5-15(13)26-12-14/h2-7,10,16H,8-9,11-12H2,1H3,(H,20,22)/t16-/m0/s1. The quantitative estimate of drug-likeness (QED) is 0.909. The summed E-state index contributed by atoms with van der Waals surface area (Å²) < 4.78 is 11.6. The van der Waals surface area contributed by atoms with E-state index >= 15 is 0 Å². The predicted octanol–water partition coefficient (Wildman–Crippen LogP) is 1.89. The van der Waals surface area contributed by atoms with Gasteiger partial charge in [-0.05, 0) is 12.1 Å². The largest absolute Gasteiger partial charge is 0.488 e. The number of carbonyl (C=O) groups is 1. The van der Waals surface area contributed by atoms with E-state index in [0.29, 0.717) is 36.8 Å². The Labute approximate surface area is 151 Å². The molecule has 1 atom stereocenters. The van der Waals surface area contributed by atoms with E-state index in [4.69, 9.17) is 9.47 Å². The minimum Gasteiger partial charge on any atom is -0.488 e. The first-order chi connectivity index (χ1) is 12.8. The number of aromatic nitrogens is 2. The molecule has 1 saturated heterocycles. The Bertz CT molecular complexity index is 852. The van der Waals surface area contributed by atoms with Gasteiger partial charge in [-0.25, -0.2) is 4.98 Å². The van der Waals surface area contributed by atoms with Crippen LogP contribution in [0.4, 0.5) is 5.82 Å². The number of morpholine rings is 1. The lowest BCUT2D eigenvalue weighted by atomic mass is 10.1. The van der Waals surface area contributed by atoms with Crippen LogP contribution in [0.3, 0.4) is 0 Å². The molecular formula is C19H20N4O3. The number of para-hydroxylation sites is 1. The zero-order valence-electron chi connectivity index (χ0n) is 14.5. The number of carbonyl (C=O) groups excluding carboxylic acids is 1. The first-order valence-electron chi connectivity index (χ1n) is 8.58. The van der Waals surface area contributed by atoms with Gasteiger partial charge in [-0.15, -0.1) is 0 Å². The molecule has 1 aromatic heterocycles. The molecule has 0 radical (unpaired) electrons. The molecule has 1 amide bonds. The van der Waals surface area contributed by atoms with Gasteiger partial charge in [0.2, 0.25) is 0 Å². The second kappa shape index (κ2) is 7.13. The fraction of sp³-hybridized carbons (Fsp3) is 0.316. The third-order valence-corrected chi connectivity index (χ3v) is 4.53. The summed E-state index contributed by atoms with van der Waals surface area (Å²) in [5.41, 5.74) is 2.29. The zero-order chi connectivity index (χ0) is 17.9. The molecule has 0 bridgehead atoms. The molecule has 3 heterocycles. The van der Waals surface area contributed by atoms with E-state index < -0.39 is 0 Å². The van der Waals surface area contributed by atoms with E-state index in [0.717, 1.165) is 11.3 Å². The molecule has 0 unspecified atom stereocenters. The van der Waals surface area contributed by atoms with Crippen molar-refractivity contribution in [2.45, 2.75) is 6.10 Å². The highest BCUT2D eigenvalue weighted by Gasteiger charge is 2.30. The first-order valence-corrected chi connectivity index (χ1v) is 8.58. The second-order valence-electron chi connectivity index (χ2n) is 6.15. The van der Waals surface area contributed by atoms with Gasteiger partial charge >= 0.3 is 0 Å². The summed E-state index contributed by atoms with van der Waals surface area (Å²) in [4.78, 5) is 23.4. The van der Waals surface area contributed by atoms with Crippen LogP contribution in [0.15, 0.2) is 42.2 Å². The third-order valence-electron chi connectivity index (χ3n) is 4.53. The van der Waals surface area contributed by atoms with Crippen LogP contribution in [0.2, 0.25) is 0 Å². The first kappa shape index (κ1) is 16.5. The monoisotopic (exact) mass is 352 g/mol. The average molecular weight is 352 g/mol. The maximum atomic E-state index is 13.0. The van der Waals surface area contributed by atoms with Crippen LogP contribution >= 0.6 is 0 Å². The number of hydrogen-bond donors (Lipinski definition) is 1. The van der Waals surface area contributed by atoms with Gasteiger partial charge in [0, 0.05) is 31.5 Å². The highest BCUT2D eigenvalue weighted by atomic mass is 16.5. The van der Waals surface area contributed by atoms with Gasteiger partial charge in [-0.3, -0.25) is 9.78 Å². The molecule has 134 valence electrons. The number of rotatable bonds is 3. The van der Waals surface area contributed by atoms with E-state index in [-0.39, 0.29) is 18.6 Å². The molecule has 7 nitrogen and oxygen atoms in total. The molecule has 2 aliphatic heterocycles. The maximum Gasteiger partial charge on any atom is 0.253 e. The molecule has 2 aliphatic rings. The Balaban J connectivity index is 1.53. The fourth-order valence-corrected chi connectivity index (χ4v) is 3.22. The predicted molar refractivity (Wildman–Crippen MR) is 96.8 cm³/mol. The van der Waals surface area contributed by atoms with Crippen molar-refractivity contribution < 1.29 is 14.3 Å². The summed E-state index contributed by atoms with van der Waals surface area (Å²) in [7, 11) is 1.79. The summed E-state index contributed by atoms with van der Waals surface area (Å²) in [6.45, 7) is 1.72. The Morgan fingerprint density at radius 3 is 3.00 bits per heavy atom. The molecule has 1 fully saturated rings. The van der Waals surface area contributed by atoms with Gasteiger partial charge < -0.3 is 19.7 Å². The van der Waals surface area contributed by atoms with Crippen LogP contribution in [0.25, 0.3) is 6.08 Å². The van der Waals surface area contributed by atoms with Gasteiger partial charge in [0.1, 0.15) is 30.0 Å². The van der Waals surface area contributed by atoms with Crippen molar-refractivity contribution in [2.75, 3.05) is 38.7 Å². The number of amides is 1. The van der Waals surface area contributed by atoms with Crippen LogP contribution in [-0.4, -0.2) is 54.1 Å². The van der Waals surface area contributed by atoms with Gasteiger partial charge in [0.05, 0.1) is 18.7 Å². The van der Waals surface area contributed by atoms with Gasteiger partial charge in [-0.1, -0.05) is 18.2 Å². The highest BCUT2D eigenvalue weighted by molar-refractivity contribution is 5.99. The van der Waals surface area contributed by atoms with E-state index in [1.807, 2.05) is 30.3 Å². The van der Waals surface area contributed by atoms with Crippen LogP contribution in [-0.2, 0) is 9.53 Å². The van der Waals surface area contributed by atoms with Crippen molar-refractivity contribution in [1.29, 1.82) is 0 Å². The average Bonchev–Trinajstić information content (AvgIpc) is 2.73. The smallest absolute Gasteiger partial charge is 0.253 e. The molecule has 1 N–H and O–H groups in total. The van der Waals surface area contributed by atoms with Crippen molar-refractivity contribution in [3.8, 4) is 5.75 Å². The minimum absolute atomic E-state index is 0.0253. The van der Waals surface area contributed by atoms with Crippen LogP contribution in [0.1, 0.15) is 17.4 Å². The van der Waals surface area contributed by atoms with Gasteiger partial charge in [0.25, 0.3) is 5.91 Å². The highest BCUT2D eigenvalue weighted by Crippen LogP contribution is 2.29. The van der Waals surface area contributed by atoms with Crippen molar-refractivity contribution in [2.24, 2.45) is 0 Å². The molecule has 0 aliphatic carbocycles. The summed E-state index contributed by atoms with van der Waals surface area (Å²) in [6.07, 6.45) is 4.87. The third kappa shape index (κ3) is 3.13. The van der Waals surface area contributed by atoms with Gasteiger partial charge in [-0.2, -0.15) is 0 Å². The maximum absolute atomic E-state index is 13.0. The number of benzene rings is 1. The lowest BCUT2D eigenvalue weighted by Crippen LogP contribution is -2.44. The molecule has 0 spiro atoms. The zero-order valence-corrected chi connectivity index (χ0v) is 14.5. The second-order valence-corrected chi connectivity index (χ2v) is 6.15. The normalized spacial score (nSPS) is 19.2. The lowest BCUT2D eigenvalue weighted by Gasteiger charge is -2.34. The number of ether oxygens (including phenoxy) is 2. The number of anilines is 1. The molecule has 1 aromatic carbocycles. The van der Waals surface area contributed by atoms with Crippen LogP contribution < -0.4 is 10.1 Å². The number of nitrogens with one attached hydrogen (secondary N) is 1. The summed E-state index contributed by atoms with van der Waals surface area (Å²) in [6, 6.07) is 7.71. The molecule has 7 heteroatoms. The minimum atomic E-state index is -0.304. The van der Waals surface area contributed by atoms with E-state index in [2.05, 4.69) is 15.3 Å². The van der Waals surface area contributed by atoms with Crippen LogP contribution in [0, 0.1) is 0 Å². The molecular weight excluding hydrogens is 332 g/mol. The van der Waals surface area contributed by atoms with Crippen molar-refractivity contribution >= 4 is 17.8 Å². The van der Waals surface area contributed by atoms with Gasteiger partial charge in [0.15, 0.2) is 0 Å². The Morgan fingerprint density at radius 1 is 1.27 bits per heavy atom. The molecule has 26 heavy (non-hydrogen) atoms. The Hall–Kier alpha value is -2.93. The van der Waals surface area contributed by atoms with E-state index in [1.54, 1.807) is 24.3 Å². The summed E-state index contributed by atoms with van der Waals surface area (Å²) in [5, 5.41) is 3.02. The Kier molecular flexibility index (Phi) is 4.53. The van der Waals surface area contributed by atoms with E-state index in [9.17, 15) is 4.79 Å². The lowest BCUT2D eigenvalue weighted by molar-refractivity contribution is -0.135. The molecule has 0 saturated carbocycles. The van der Waals surface area contributed by atoms with Crippen molar-refractivity contribution in [3.05, 3.63) is 53.5 Å². The van der Waals surface area contributed by atoms with Crippen LogP contribution in [0.5, 0.6) is 5.75 Å². The summed E-state index contributed by atoms with van der Waals surface area (Å²) in [5.74, 6) is 1.45. The topological polar surface area (TPSA) is 76.6 Å². The number of fused-ring (bicyclic) bond motifs is 1. The SMILES string of the molecule is CNc1nccnc1[C@@H]1CN(C(=O)C2=Cc3ccccc3OC2)CCO1. The fourth-order valence-electron chi connectivity index (χ4n) is 3.22. The van der Waals surface area contributed by atoms with E-state index in [1.165, 1.54) is 0 Å². The van der Waals surface area contributed by atoms with Crippen molar-refractivity contribution in [3.63, 3.8) is 0 Å². The number of nitrogens with zero attached hydrogens (tertiary/aromatic N) is 3. The summed E-state index contributed by atoms with van der Waals surface area (Å²) >= 11 is 0. The molecule has 4 rings (SSSR count). The van der Waals surface area contributed by atoms with Crippen molar-refractivity contribution in [1.82, 2.24) is 14.9 Å².